The van der Waals surface area contributed by atoms with Gasteiger partial charge in [-0.05, 0) is 61.3 Å². The molecule has 52 heavy (non-hydrogen) atoms. The lowest BCUT2D eigenvalue weighted by Gasteiger charge is -2.70. The summed E-state index contributed by atoms with van der Waals surface area (Å²) in [5.41, 5.74) is -3.74. The van der Waals surface area contributed by atoms with E-state index in [9.17, 15) is 19.2 Å². The van der Waals surface area contributed by atoms with Crippen LogP contribution in [0.4, 0.5) is 0 Å². The van der Waals surface area contributed by atoms with Crippen LogP contribution in [0.3, 0.4) is 0 Å². The molecular formula is C40H58O10Si2. The summed E-state index contributed by atoms with van der Waals surface area (Å²) in [6, 6.07) is 11.8. The van der Waals surface area contributed by atoms with Crippen molar-refractivity contribution >= 4 is 28.9 Å². The lowest BCUT2D eigenvalue weighted by Crippen LogP contribution is -2.82. The van der Waals surface area contributed by atoms with Crippen molar-refractivity contribution in [3.63, 3.8) is 0 Å². The molecule has 1 N–H and O–H groups in total. The Labute approximate surface area is 311 Å². The Morgan fingerprint density at radius 1 is 1.08 bits per heavy atom. The predicted octanol–water partition coefficient (Wildman–Crippen LogP) is 6.93. The fourth-order valence-electron chi connectivity index (χ4n) is 10.7. The first kappa shape index (κ1) is 39.4. The van der Waals surface area contributed by atoms with Crippen LogP contribution in [0.25, 0.3) is 0 Å². The Bertz CT molecular complexity index is 1600. The Balaban J connectivity index is 1.71. The monoisotopic (exact) mass is 754 g/mol. The highest BCUT2D eigenvalue weighted by Crippen LogP contribution is 2.68. The summed E-state index contributed by atoms with van der Waals surface area (Å²) in [4.78, 5) is 27.6. The molecule has 1 aromatic rings. The van der Waals surface area contributed by atoms with Crippen molar-refractivity contribution in [1.29, 1.82) is 0 Å². The van der Waals surface area contributed by atoms with Gasteiger partial charge in [-0.3, -0.25) is 4.79 Å². The highest BCUT2D eigenvalue weighted by Gasteiger charge is 2.79. The zero-order chi connectivity index (χ0) is 38.0. The molecule has 1 aromatic carbocycles. The molecule has 2 heterocycles. The minimum absolute atomic E-state index is 0.0395. The summed E-state index contributed by atoms with van der Waals surface area (Å²) in [5, 5.41) is 13.8. The Morgan fingerprint density at radius 3 is 2.27 bits per heavy atom. The van der Waals surface area contributed by atoms with E-state index in [0.717, 1.165) is 29.3 Å². The van der Waals surface area contributed by atoms with Crippen LogP contribution in [0, 0.1) is 16.7 Å². The largest absolute Gasteiger partial charge is 0.455 e. The Morgan fingerprint density at radius 2 is 1.73 bits per heavy atom. The maximum absolute atomic E-state index is 14.4. The van der Waals surface area contributed by atoms with E-state index in [2.05, 4.69) is 34.3 Å². The number of fused-ring (bicyclic) bond motifs is 8. The summed E-state index contributed by atoms with van der Waals surface area (Å²) in [7, 11) is -4.61. The van der Waals surface area contributed by atoms with Gasteiger partial charge in [-0.25, -0.2) is 4.79 Å². The van der Waals surface area contributed by atoms with Gasteiger partial charge in [0, 0.05) is 29.7 Å². The van der Waals surface area contributed by atoms with Gasteiger partial charge in [-0.1, -0.05) is 78.8 Å². The van der Waals surface area contributed by atoms with Gasteiger partial charge in [0.05, 0.1) is 30.3 Å². The van der Waals surface area contributed by atoms with Crippen molar-refractivity contribution in [2.75, 3.05) is 6.61 Å². The number of hydrogen-bond acceptors (Lipinski definition) is 10. The molecule has 1 unspecified atom stereocenters. The number of ether oxygens (including phenoxy) is 5. The average Bonchev–Trinajstić information content (AvgIpc) is 3.55. The number of aliphatic hydroxyl groups is 1. The average molecular weight is 755 g/mol. The molecule has 10 nitrogen and oxygen atoms in total. The van der Waals surface area contributed by atoms with Crippen LogP contribution in [-0.4, -0.2) is 88.7 Å². The molecule has 0 spiro atoms. The number of carbonyl (C=O) groups excluding carboxylic acids is 2. The van der Waals surface area contributed by atoms with Crippen LogP contribution in [0.15, 0.2) is 54.1 Å². The number of allylic oxidation sites excluding steroid dienone is 1. The predicted molar refractivity (Wildman–Crippen MR) is 199 cm³/mol. The molecule has 2 aliphatic heterocycles. The van der Waals surface area contributed by atoms with Crippen molar-refractivity contribution in [2.24, 2.45) is 16.7 Å². The lowest BCUT2D eigenvalue weighted by atomic mass is 9.44. The normalized spacial score (nSPS) is 39.1. The van der Waals surface area contributed by atoms with Crippen LogP contribution in [0.1, 0.15) is 85.5 Å². The quantitative estimate of drug-likeness (QED) is 0.144. The van der Waals surface area contributed by atoms with E-state index in [1.807, 2.05) is 33.8 Å². The summed E-state index contributed by atoms with van der Waals surface area (Å²) >= 11 is 0. The number of carbonyl (C=O) groups is 2. The van der Waals surface area contributed by atoms with E-state index in [1.165, 1.54) is 6.92 Å². The fourth-order valence-corrected chi connectivity index (χ4v) is 15.3. The van der Waals surface area contributed by atoms with Crippen molar-refractivity contribution in [3.05, 3.63) is 59.7 Å². The molecule has 0 amide bonds. The van der Waals surface area contributed by atoms with E-state index < -0.39 is 99.2 Å². The zero-order valence-corrected chi connectivity index (χ0v) is 34.4. The highest BCUT2D eigenvalue weighted by atomic mass is 28.4. The van der Waals surface area contributed by atoms with Crippen molar-refractivity contribution < 1.29 is 47.3 Å². The van der Waals surface area contributed by atoms with E-state index >= 15 is 0 Å². The first-order chi connectivity index (χ1) is 24.5. The van der Waals surface area contributed by atoms with Crippen LogP contribution < -0.4 is 0 Å². The molecule has 2 saturated heterocycles. The van der Waals surface area contributed by atoms with E-state index in [1.54, 1.807) is 30.3 Å². The topological polar surface area (TPSA) is 127 Å². The molecule has 286 valence electrons. The maximum Gasteiger partial charge on any atom is 0.338 e. The van der Waals surface area contributed by atoms with Gasteiger partial charge in [0.15, 0.2) is 20.2 Å². The van der Waals surface area contributed by atoms with Gasteiger partial charge in [0.1, 0.15) is 23.9 Å². The van der Waals surface area contributed by atoms with Crippen LogP contribution in [0.5, 0.6) is 0 Å². The molecule has 2 bridgehead atoms. The first-order valence-electron chi connectivity index (χ1n) is 19.2. The van der Waals surface area contributed by atoms with Crippen molar-refractivity contribution in [3.8, 4) is 0 Å². The van der Waals surface area contributed by atoms with Gasteiger partial charge in [0.2, 0.25) is 0 Å². The number of benzene rings is 1. The molecule has 4 fully saturated rings. The second-order valence-corrected chi connectivity index (χ2v) is 23.5. The third-order valence-corrected chi connectivity index (χ3v) is 20.7. The zero-order valence-electron chi connectivity index (χ0n) is 32.4. The van der Waals surface area contributed by atoms with Gasteiger partial charge in [-0.2, -0.15) is 0 Å². The van der Waals surface area contributed by atoms with Crippen LogP contribution in [0.2, 0.25) is 29.7 Å². The van der Waals surface area contributed by atoms with Crippen molar-refractivity contribution in [2.45, 2.75) is 153 Å². The van der Waals surface area contributed by atoms with Gasteiger partial charge in [0.25, 0.3) is 8.68 Å². The molecule has 12 heteroatoms. The lowest BCUT2D eigenvalue weighted by molar-refractivity contribution is -0.359. The second-order valence-electron chi connectivity index (χ2n) is 16.4. The molecule has 2 saturated carbocycles. The molecular weight excluding hydrogens is 697 g/mol. The third kappa shape index (κ3) is 5.73. The second kappa shape index (κ2) is 14.1. The highest BCUT2D eigenvalue weighted by molar-refractivity contribution is 6.73. The Hall–Kier alpha value is -2.33. The molecule has 6 rings (SSSR count). The van der Waals surface area contributed by atoms with Gasteiger partial charge in [-0.15, -0.1) is 0 Å². The molecule has 0 aromatic heterocycles. The summed E-state index contributed by atoms with van der Waals surface area (Å²) in [6.45, 7) is 21.9. The molecule has 5 aliphatic rings. The molecule has 0 radical (unpaired) electrons. The third-order valence-electron chi connectivity index (χ3n) is 13.9. The number of esters is 2. The van der Waals surface area contributed by atoms with Gasteiger partial charge < -0.3 is 37.7 Å². The minimum atomic E-state index is -2.34. The number of rotatable bonds is 11. The summed E-state index contributed by atoms with van der Waals surface area (Å²) in [6.07, 6.45) is -2.48. The fraction of sp³-hybridized carbons (Fsp3) is 0.700. The minimum Gasteiger partial charge on any atom is -0.455 e. The standard InChI is InChI=1S/C40H58O10Si2/c1-11-30-46-32-31-24(6)27(51(44)12-2)22-40(43,37(31,8)9)35(48-36(42)26-19-17-16-18-20-26)33-38(10,34(32)47-30)28(50-52(13-3,14-4)15-5)21-29-39(33,23-45-29)49-25(7)41/h11,16-20,27-30,32-35,43H,1,12-15,21-23H2,2-10H3/t27-,28-,29+,30?,32+,33-,34+,35-,38+,39-,40+/m0/s1. The first-order valence-corrected chi connectivity index (χ1v) is 23.4. The van der Waals surface area contributed by atoms with Crippen LogP contribution in [-0.2, 0) is 37.4 Å². The van der Waals surface area contributed by atoms with Gasteiger partial charge >= 0.3 is 11.9 Å². The smallest absolute Gasteiger partial charge is 0.338 e. The summed E-state index contributed by atoms with van der Waals surface area (Å²) in [5.74, 6) is -2.01. The molecule has 11 atom stereocenters. The van der Waals surface area contributed by atoms with Crippen LogP contribution >= 0.6 is 0 Å². The SMILES string of the molecule is C=CC1O[C@@H]2C3=C(C)[C@@H]([Si](=O)CC)C[C@@](O)([C@@H](OC(=O)c4ccccc4)[C@@H]4[C@]5(OC(C)=O)CO[C@@H]5C[C@H](O[Si](CC)(CC)CC)[C@@]4(C)[C@@H]2O1)C3(C)C. The van der Waals surface area contributed by atoms with E-state index in [-0.39, 0.29) is 13.0 Å². The number of hydrogen-bond donors (Lipinski definition) is 1. The maximum atomic E-state index is 14.4. The Kier molecular flexibility index (Phi) is 10.7. The van der Waals surface area contributed by atoms with Crippen molar-refractivity contribution in [1.82, 2.24) is 0 Å². The van der Waals surface area contributed by atoms with E-state index in [4.69, 9.17) is 28.1 Å². The summed E-state index contributed by atoms with van der Waals surface area (Å²) < 4.78 is 54.9. The van der Waals surface area contributed by atoms with E-state index in [0.29, 0.717) is 18.0 Å². The molecule has 3 aliphatic carbocycles.